The second-order valence-corrected chi connectivity index (χ2v) is 6.53. The second-order valence-electron chi connectivity index (χ2n) is 6.53. The Morgan fingerprint density at radius 1 is 1.38 bits per heavy atom. The molecule has 5 heteroatoms. The number of hydrogen-bond donors (Lipinski definition) is 2. The SMILES string of the molecule is CCCNC1(C(=O)O)CCCC(N(CCOC)C2CC2)C1. The van der Waals surface area contributed by atoms with Gasteiger partial charge in [0.05, 0.1) is 6.61 Å². The number of nitrogens with one attached hydrogen (secondary N) is 1. The maximum atomic E-state index is 11.8. The number of rotatable bonds is 9. The summed E-state index contributed by atoms with van der Waals surface area (Å²) in [4.78, 5) is 14.4. The molecule has 2 fully saturated rings. The first-order valence-electron chi connectivity index (χ1n) is 8.36. The van der Waals surface area contributed by atoms with Crippen molar-refractivity contribution in [2.75, 3.05) is 26.8 Å². The van der Waals surface area contributed by atoms with Crippen molar-refractivity contribution in [3.63, 3.8) is 0 Å². The Morgan fingerprint density at radius 2 is 2.14 bits per heavy atom. The zero-order valence-corrected chi connectivity index (χ0v) is 13.4. The number of carboxylic acids is 1. The molecule has 2 aliphatic carbocycles. The van der Waals surface area contributed by atoms with Gasteiger partial charge in [-0.25, -0.2) is 0 Å². The molecule has 122 valence electrons. The van der Waals surface area contributed by atoms with E-state index in [-0.39, 0.29) is 0 Å². The van der Waals surface area contributed by atoms with Crippen molar-refractivity contribution in [1.29, 1.82) is 0 Å². The monoisotopic (exact) mass is 298 g/mol. The number of methoxy groups -OCH3 is 1. The molecule has 0 amide bonds. The smallest absolute Gasteiger partial charge is 0.323 e. The third-order valence-corrected chi connectivity index (χ3v) is 4.89. The van der Waals surface area contributed by atoms with E-state index in [0.29, 0.717) is 12.1 Å². The van der Waals surface area contributed by atoms with Gasteiger partial charge in [-0.05, 0) is 51.5 Å². The van der Waals surface area contributed by atoms with Gasteiger partial charge in [-0.3, -0.25) is 9.69 Å². The van der Waals surface area contributed by atoms with Crippen molar-refractivity contribution in [1.82, 2.24) is 10.2 Å². The predicted molar refractivity (Wildman–Crippen MR) is 82.5 cm³/mol. The Bertz CT molecular complexity index is 346. The van der Waals surface area contributed by atoms with Gasteiger partial charge in [0.1, 0.15) is 5.54 Å². The zero-order chi connectivity index (χ0) is 15.3. The summed E-state index contributed by atoms with van der Waals surface area (Å²) in [6, 6.07) is 1.03. The molecule has 0 aromatic rings. The highest BCUT2D eigenvalue weighted by Gasteiger charge is 2.45. The average Bonchev–Trinajstić information content (AvgIpc) is 3.30. The maximum absolute atomic E-state index is 11.8. The summed E-state index contributed by atoms with van der Waals surface area (Å²) >= 11 is 0. The number of carboxylic acid groups (broad SMARTS) is 1. The quantitative estimate of drug-likeness (QED) is 0.680. The van der Waals surface area contributed by atoms with E-state index in [9.17, 15) is 9.90 Å². The molecule has 2 N–H and O–H groups in total. The van der Waals surface area contributed by atoms with Gasteiger partial charge in [0, 0.05) is 25.7 Å². The van der Waals surface area contributed by atoms with E-state index in [1.807, 2.05) is 0 Å². The molecule has 21 heavy (non-hydrogen) atoms. The molecule has 2 aliphatic rings. The summed E-state index contributed by atoms with van der Waals surface area (Å²) in [5, 5.41) is 13.1. The van der Waals surface area contributed by atoms with Crippen molar-refractivity contribution < 1.29 is 14.6 Å². The molecule has 0 aliphatic heterocycles. The number of hydrogen-bond acceptors (Lipinski definition) is 4. The summed E-state index contributed by atoms with van der Waals surface area (Å²) in [6.07, 6.45) is 7.05. The van der Waals surface area contributed by atoms with Gasteiger partial charge >= 0.3 is 5.97 Å². The Morgan fingerprint density at radius 3 is 2.71 bits per heavy atom. The lowest BCUT2D eigenvalue weighted by atomic mass is 9.78. The Hall–Kier alpha value is -0.650. The Labute approximate surface area is 128 Å². The summed E-state index contributed by atoms with van der Waals surface area (Å²) in [5.41, 5.74) is -0.723. The van der Waals surface area contributed by atoms with Crippen LogP contribution in [0.15, 0.2) is 0 Å². The Balaban J connectivity index is 2.03. The van der Waals surface area contributed by atoms with E-state index >= 15 is 0 Å². The molecule has 0 aromatic heterocycles. The van der Waals surface area contributed by atoms with Crippen LogP contribution in [-0.2, 0) is 9.53 Å². The minimum Gasteiger partial charge on any atom is -0.480 e. The largest absolute Gasteiger partial charge is 0.480 e. The molecule has 0 bridgehead atoms. The number of ether oxygens (including phenoxy) is 1. The van der Waals surface area contributed by atoms with E-state index in [0.717, 1.165) is 51.8 Å². The predicted octanol–water partition coefficient (Wildman–Crippen LogP) is 1.86. The molecule has 0 heterocycles. The van der Waals surface area contributed by atoms with Gasteiger partial charge in [-0.2, -0.15) is 0 Å². The van der Waals surface area contributed by atoms with Crippen LogP contribution in [0, 0.1) is 0 Å². The fraction of sp³-hybridized carbons (Fsp3) is 0.938. The molecule has 0 aromatic carbocycles. The van der Waals surface area contributed by atoms with Crippen LogP contribution in [0.4, 0.5) is 0 Å². The lowest BCUT2D eigenvalue weighted by Crippen LogP contribution is -2.59. The van der Waals surface area contributed by atoms with Crippen molar-refractivity contribution in [3.8, 4) is 0 Å². The highest BCUT2D eigenvalue weighted by Crippen LogP contribution is 2.37. The molecule has 0 saturated heterocycles. The van der Waals surface area contributed by atoms with E-state index in [2.05, 4.69) is 17.1 Å². The van der Waals surface area contributed by atoms with E-state index < -0.39 is 11.5 Å². The molecule has 0 radical (unpaired) electrons. The molecule has 5 nitrogen and oxygen atoms in total. The summed E-state index contributed by atoms with van der Waals surface area (Å²) < 4.78 is 5.23. The summed E-state index contributed by atoms with van der Waals surface area (Å²) in [5.74, 6) is -0.678. The van der Waals surface area contributed by atoms with Gasteiger partial charge in [-0.1, -0.05) is 6.92 Å². The van der Waals surface area contributed by atoms with E-state index in [1.165, 1.54) is 12.8 Å². The highest BCUT2D eigenvalue weighted by molar-refractivity contribution is 5.79. The topological polar surface area (TPSA) is 61.8 Å². The van der Waals surface area contributed by atoms with E-state index in [4.69, 9.17) is 4.74 Å². The minimum absolute atomic E-state index is 0.377. The first-order chi connectivity index (χ1) is 10.1. The zero-order valence-electron chi connectivity index (χ0n) is 13.4. The first kappa shape index (κ1) is 16.7. The molecular weight excluding hydrogens is 268 g/mol. The highest BCUT2D eigenvalue weighted by atomic mass is 16.5. The van der Waals surface area contributed by atoms with Crippen molar-refractivity contribution in [2.24, 2.45) is 0 Å². The fourth-order valence-corrected chi connectivity index (χ4v) is 3.59. The summed E-state index contributed by atoms with van der Waals surface area (Å²) in [6.45, 7) is 4.52. The molecular formula is C16H30N2O3. The standard InChI is InChI=1S/C16H30N2O3/c1-3-9-17-16(15(19)20)8-4-5-14(12-16)18(10-11-21-2)13-6-7-13/h13-14,17H,3-12H2,1-2H3,(H,19,20). The van der Waals surface area contributed by atoms with Crippen LogP contribution in [0.2, 0.25) is 0 Å². The van der Waals surface area contributed by atoms with Crippen LogP contribution < -0.4 is 5.32 Å². The van der Waals surface area contributed by atoms with Gasteiger partial charge in [-0.15, -0.1) is 0 Å². The molecule has 2 rings (SSSR count). The summed E-state index contributed by atoms with van der Waals surface area (Å²) in [7, 11) is 1.73. The van der Waals surface area contributed by atoms with Gasteiger partial charge < -0.3 is 15.2 Å². The number of aliphatic carboxylic acids is 1. The van der Waals surface area contributed by atoms with Crippen LogP contribution in [0.3, 0.4) is 0 Å². The van der Waals surface area contributed by atoms with Gasteiger partial charge in [0.25, 0.3) is 0 Å². The number of carbonyl (C=O) groups is 1. The van der Waals surface area contributed by atoms with Crippen LogP contribution in [0.5, 0.6) is 0 Å². The average molecular weight is 298 g/mol. The van der Waals surface area contributed by atoms with Crippen LogP contribution in [-0.4, -0.2) is 60.4 Å². The van der Waals surface area contributed by atoms with Crippen molar-refractivity contribution in [3.05, 3.63) is 0 Å². The molecule has 2 unspecified atom stereocenters. The van der Waals surface area contributed by atoms with Crippen molar-refractivity contribution in [2.45, 2.75) is 69.5 Å². The van der Waals surface area contributed by atoms with Gasteiger partial charge in [0.2, 0.25) is 0 Å². The van der Waals surface area contributed by atoms with Crippen LogP contribution in [0.1, 0.15) is 51.9 Å². The maximum Gasteiger partial charge on any atom is 0.323 e. The van der Waals surface area contributed by atoms with Crippen molar-refractivity contribution >= 4 is 5.97 Å². The first-order valence-corrected chi connectivity index (χ1v) is 8.36. The minimum atomic E-state index is -0.723. The third-order valence-electron chi connectivity index (χ3n) is 4.89. The second kappa shape index (κ2) is 7.56. The third kappa shape index (κ3) is 4.18. The van der Waals surface area contributed by atoms with E-state index in [1.54, 1.807) is 7.11 Å². The van der Waals surface area contributed by atoms with Crippen LogP contribution >= 0.6 is 0 Å². The lowest BCUT2D eigenvalue weighted by molar-refractivity contribution is -0.147. The normalized spacial score (nSPS) is 29.8. The molecule has 2 saturated carbocycles. The molecule has 2 atom stereocenters. The Kier molecular flexibility index (Phi) is 6.02. The fourth-order valence-electron chi connectivity index (χ4n) is 3.59. The van der Waals surface area contributed by atoms with Crippen LogP contribution in [0.25, 0.3) is 0 Å². The van der Waals surface area contributed by atoms with Gasteiger partial charge in [0.15, 0.2) is 0 Å². The lowest BCUT2D eigenvalue weighted by Gasteiger charge is -2.43. The molecule has 0 spiro atoms. The number of nitrogens with zero attached hydrogens (tertiary/aromatic N) is 1.